The summed E-state index contributed by atoms with van der Waals surface area (Å²) in [5.41, 5.74) is 1.36. The molecule has 0 aliphatic heterocycles. The topological polar surface area (TPSA) is 64.3 Å². The van der Waals surface area contributed by atoms with Gasteiger partial charge in [0, 0.05) is 15.6 Å². The highest BCUT2D eigenvalue weighted by atomic mass is 79.9. The Morgan fingerprint density at radius 3 is 2.33 bits per heavy atom. The molecule has 116 valence electrons. The van der Waals surface area contributed by atoms with Crippen molar-refractivity contribution in [3.8, 4) is 11.3 Å². The van der Waals surface area contributed by atoms with Crippen LogP contribution < -0.4 is 0 Å². The van der Waals surface area contributed by atoms with Crippen LogP contribution >= 0.6 is 15.9 Å². The van der Waals surface area contributed by atoms with Crippen molar-refractivity contribution in [2.45, 2.75) is 0 Å². The fourth-order valence-corrected chi connectivity index (χ4v) is 3.41. The van der Waals surface area contributed by atoms with E-state index in [1.54, 1.807) is 48.5 Å². The molecule has 1 aromatic heterocycles. The Kier molecular flexibility index (Phi) is 3.32. The minimum atomic E-state index is -0.725. The Morgan fingerprint density at radius 2 is 1.58 bits per heavy atom. The van der Waals surface area contributed by atoms with Gasteiger partial charge >= 0.3 is 0 Å². The first kappa shape index (κ1) is 14.8. The zero-order valence-corrected chi connectivity index (χ0v) is 13.8. The standard InChI is InChI=1S/C19H9BrO4/c20-13-8-4-7-11-14(13)17(22)18(23)15-12(9-24-19(11)15)16(21)10-5-2-1-3-6-10/h1-9H. The van der Waals surface area contributed by atoms with E-state index in [0.29, 0.717) is 15.6 Å². The molecule has 0 radical (unpaired) electrons. The lowest BCUT2D eigenvalue weighted by molar-refractivity contribution is 0.0812. The van der Waals surface area contributed by atoms with E-state index in [9.17, 15) is 14.4 Å². The largest absolute Gasteiger partial charge is 0.463 e. The second-order valence-electron chi connectivity index (χ2n) is 5.37. The van der Waals surface area contributed by atoms with E-state index >= 15 is 0 Å². The van der Waals surface area contributed by atoms with Crippen LogP contribution in [0.2, 0.25) is 0 Å². The molecule has 5 heteroatoms. The van der Waals surface area contributed by atoms with Gasteiger partial charge in [0.1, 0.15) is 12.0 Å². The molecule has 1 heterocycles. The van der Waals surface area contributed by atoms with E-state index < -0.39 is 11.6 Å². The first-order valence-electron chi connectivity index (χ1n) is 7.18. The first-order chi connectivity index (χ1) is 11.6. The van der Waals surface area contributed by atoms with Crippen molar-refractivity contribution in [3.05, 3.63) is 81.5 Å². The Balaban J connectivity index is 1.95. The second kappa shape index (κ2) is 5.39. The number of hydrogen-bond acceptors (Lipinski definition) is 4. The van der Waals surface area contributed by atoms with Crippen LogP contribution in [0.15, 0.2) is 63.7 Å². The van der Waals surface area contributed by atoms with Crippen LogP contribution in [0.5, 0.6) is 0 Å². The number of rotatable bonds is 2. The fraction of sp³-hybridized carbons (Fsp3) is 0. The summed E-state index contributed by atoms with van der Waals surface area (Å²) in [7, 11) is 0. The molecule has 4 nitrogen and oxygen atoms in total. The van der Waals surface area contributed by atoms with E-state index in [0.717, 1.165) is 0 Å². The zero-order chi connectivity index (χ0) is 16.8. The van der Waals surface area contributed by atoms with Crippen LogP contribution in [0.1, 0.15) is 36.6 Å². The molecule has 0 saturated heterocycles. The number of Topliss-reactive ketones (excluding diaryl/α,β-unsaturated/α-hetero) is 2. The summed E-state index contributed by atoms with van der Waals surface area (Å²) < 4.78 is 6.04. The van der Waals surface area contributed by atoms with Crippen molar-refractivity contribution in [2.75, 3.05) is 0 Å². The zero-order valence-electron chi connectivity index (χ0n) is 12.2. The number of fused-ring (bicyclic) bond motifs is 3. The Hall–Kier alpha value is -2.79. The van der Waals surface area contributed by atoms with Crippen molar-refractivity contribution in [1.29, 1.82) is 0 Å². The van der Waals surface area contributed by atoms with E-state index in [1.807, 2.05) is 0 Å². The fourth-order valence-electron chi connectivity index (χ4n) is 2.86. The van der Waals surface area contributed by atoms with Gasteiger partial charge in [0.15, 0.2) is 5.78 Å². The molecule has 0 atom stereocenters. The van der Waals surface area contributed by atoms with Crippen LogP contribution in [0.4, 0.5) is 0 Å². The molecule has 1 aliphatic rings. The molecule has 4 rings (SSSR count). The number of halogens is 1. The highest BCUT2D eigenvalue weighted by molar-refractivity contribution is 9.10. The Morgan fingerprint density at radius 1 is 0.875 bits per heavy atom. The quantitative estimate of drug-likeness (QED) is 0.490. The van der Waals surface area contributed by atoms with Crippen LogP contribution in [0, 0.1) is 0 Å². The Bertz CT molecular complexity index is 1020. The lowest BCUT2D eigenvalue weighted by Crippen LogP contribution is -2.23. The average molecular weight is 381 g/mol. The molecular weight excluding hydrogens is 372 g/mol. The molecular formula is C19H9BrO4. The summed E-state index contributed by atoms with van der Waals surface area (Å²) in [4.78, 5) is 37.7. The van der Waals surface area contributed by atoms with Gasteiger partial charge in [-0.3, -0.25) is 14.4 Å². The maximum absolute atomic E-state index is 12.7. The summed E-state index contributed by atoms with van der Waals surface area (Å²) in [5.74, 6) is -1.46. The summed E-state index contributed by atoms with van der Waals surface area (Å²) in [6.45, 7) is 0. The van der Waals surface area contributed by atoms with Crippen LogP contribution in [0.25, 0.3) is 11.3 Å². The van der Waals surface area contributed by atoms with Gasteiger partial charge in [0.05, 0.1) is 16.7 Å². The van der Waals surface area contributed by atoms with E-state index in [4.69, 9.17) is 4.42 Å². The van der Waals surface area contributed by atoms with Gasteiger partial charge in [0.25, 0.3) is 0 Å². The molecule has 0 fully saturated rings. The molecule has 0 saturated carbocycles. The van der Waals surface area contributed by atoms with Crippen molar-refractivity contribution < 1.29 is 18.8 Å². The number of ketones is 3. The van der Waals surface area contributed by atoms with Crippen LogP contribution in [0.3, 0.4) is 0 Å². The first-order valence-corrected chi connectivity index (χ1v) is 7.98. The predicted octanol–water partition coefficient (Wildman–Crippen LogP) is 4.32. The summed E-state index contributed by atoms with van der Waals surface area (Å²) >= 11 is 3.29. The second-order valence-corrected chi connectivity index (χ2v) is 6.22. The molecule has 3 aromatic rings. The number of carbonyl (C=O) groups excluding carboxylic acids is 3. The lowest BCUT2D eigenvalue weighted by atomic mass is 9.85. The van der Waals surface area contributed by atoms with Gasteiger partial charge in [-0.05, 0) is 6.07 Å². The van der Waals surface area contributed by atoms with Gasteiger partial charge in [-0.25, -0.2) is 0 Å². The third kappa shape index (κ3) is 2.02. The molecule has 0 unspecified atom stereocenters. The van der Waals surface area contributed by atoms with Crippen molar-refractivity contribution in [2.24, 2.45) is 0 Å². The van der Waals surface area contributed by atoms with Gasteiger partial charge in [-0.15, -0.1) is 0 Å². The molecule has 0 spiro atoms. The third-order valence-electron chi connectivity index (χ3n) is 3.99. The van der Waals surface area contributed by atoms with Gasteiger partial charge in [-0.2, -0.15) is 0 Å². The smallest absolute Gasteiger partial charge is 0.238 e. The SMILES string of the molecule is O=C(c1ccccc1)c1coc2c1C(=O)C(=O)c1c(Br)cccc1-2. The molecule has 1 aliphatic carbocycles. The Labute approximate surface area is 145 Å². The number of furan rings is 1. The number of carbonyl (C=O) groups is 3. The summed E-state index contributed by atoms with van der Waals surface area (Å²) in [6, 6.07) is 13.7. The third-order valence-corrected chi connectivity index (χ3v) is 4.65. The monoisotopic (exact) mass is 380 g/mol. The normalized spacial score (nSPS) is 12.7. The molecule has 2 aromatic carbocycles. The highest BCUT2D eigenvalue weighted by Crippen LogP contribution is 2.39. The van der Waals surface area contributed by atoms with Gasteiger partial charge in [-0.1, -0.05) is 58.4 Å². The van der Waals surface area contributed by atoms with E-state index in [-0.39, 0.29) is 28.2 Å². The van der Waals surface area contributed by atoms with E-state index in [1.165, 1.54) is 6.26 Å². The number of hydrogen-bond donors (Lipinski definition) is 0. The molecule has 0 bridgehead atoms. The van der Waals surface area contributed by atoms with Crippen molar-refractivity contribution in [1.82, 2.24) is 0 Å². The van der Waals surface area contributed by atoms with Gasteiger partial charge in [0.2, 0.25) is 11.6 Å². The van der Waals surface area contributed by atoms with E-state index in [2.05, 4.69) is 15.9 Å². The molecule has 24 heavy (non-hydrogen) atoms. The number of benzene rings is 2. The maximum atomic E-state index is 12.7. The maximum Gasteiger partial charge on any atom is 0.238 e. The summed E-state index contributed by atoms with van der Waals surface area (Å²) in [5, 5.41) is 0. The lowest BCUT2D eigenvalue weighted by Gasteiger charge is -2.15. The molecule has 0 amide bonds. The van der Waals surface area contributed by atoms with Crippen LogP contribution in [-0.2, 0) is 0 Å². The van der Waals surface area contributed by atoms with Gasteiger partial charge < -0.3 is 4.42 Å². The summed E-state index contributed by atoms with van der Waals surface area (Å²) in [6.07, 6.45) is 1.25. The molecule has 0 N–H and O–H groups in total. The predicted molar refractivity (Wildman–Crippen MR) is 90.4 cm³/mol. The van der Waals surface area contributed by atoms with Crippen LogP contribution in [-0.4, -0.2) is 17.3 Å². The highest BCUT2D eigenvalue weighted by Gasteiger charge is 2.38. The van der Waals surface area contributed by atoms with Crippen molar-refractivity contribution in [3.63, 3.8) is 0 Å². The minimum absolute atomic E-state index is 0.0412. The van der Waals surface area contributed by atoms with Crippen molar-refractivity contribution >= 4 is 33.3 Å². The average Bonchev–Trinajstić information content (AvgIpc) is 3.05. The minimum Gasteiger partial charge on any atom is -0.463 e.